The van der Waals surface area contributed by atoms with E-state index >= 15 is 0 Å². The van der Waals surface area contributed by atoms with Crippen LogP contribution < -0.4 is 4.74 Å². The Morgan fingerprint density at radius 1 is 1.30 bits per heavy atom. The predicted molar refractivity (Wildman–Crippen MR) is 79.6 cm³/mol. The second kappa shape index (κ2) is 6.14. The molecule has 2 aromatic carbocycles. The summed E-state index contributed by atoms with van der Waals surface area (Å²) >= 11 is 5.93. The van der Waals surface area contributed by atoms with Crippen LogP contribution in [-0.2, 0) is 0 Å². The van der Waals surface area contributed by atoms with Crippen LogP contribution in [0.3, 0.4) is 0 Å². The summed E-state index contributed by atoms with van der Waals surface area (Å²) in [7, 11) is 1.48. The Balaban J connectivity index is 2.44. The number of benzene rings is 2. The van der Waals surface area contributed by atoms with Gasteiger partial charge in [0.2, 0.25) is 0 Å². The zero-order valence-electron chi connectivity index (χ0n) is 10.8. The molecule has 0 heterocycles. The molecule has 0 bridgehead atoms. The number of rotatable bonds is 3. The smallest absolute Gasteiger partial charge is 0.161 e. The van der Waals surface area contributed by atoms with Crippen LogP contribution in [0.5, 0.6) is 11.5 Å². The van der Waals surface area contributed by atoms with E-state index in [1.807, 2.05) is 6.07 Å². The molecule has 0 saturated heterocycles. The van der Waals surface area contributed by atoms with Crippen LogP contribution in [0.15, 0.2) is 42.5 Å². The van der Waals surface area contributed by atoms with Crippen LogP contribution in [0.1, 0.15) is 11.1 Å². The second-order valence-electron chi connectivity index (χ2n) is 4.11. The first-order valence-corrected chi connectivity index (χ1v) is 6.26. The van der Waals surface area contributed by atoms with Crippen molar-refractivity contribution in [3.8, 4) is 17.6 Å². The molecule has 0 aliphatic heterocycles. The van der Waals surface area contributed by atoms with E-state index in [1.54, 1.807) is 36.4 Å². The van der Waals surface area contributed by atoms with E-state index in [0.29, 0.717) is 16.3 Å². The summed E-state index contributed by atoms with van der Waals surface area (Å²) in [6, 6.07) is 14.1. The third kappa shape index (κ3) is 3.11. The fourth-order valence-electron chi connectivity index (χ4n) is 1.79. The van der Waals surface area contributed by atoms with E-state index in [-0.39, 0.29) is 5.75 Å². The van der Waals surface area contributed by atoms with E-state index < -0.39 is 0 Å². The van der Waals surface area contributed by atoms with Crippen molar-refractivity contribution < 1.29 is 9.84 Å². The monoisotopic (exact) mass is 285 g/mol. The second-order valence-corrected chi connectivity index (χ2v) is 4.55. The number of phenols is 1. The Bertz CT molecular complexity index is 702. The normalized spacial score (nSPS) is 10.9. The fourth-order valence-corrected chi connectivity index (χ4v) is 1.98. The molecule has 1 N–H and O–H groups in total. The minimum atomic E-state index is 0.0610. The molecular formula is C16H12ClNO2. The van der Waals surface area contributed by atoms with Crippen LogP contribution in [0, 0.1) is 11.3 Å². The highest BCUT2D eigenvalue weighted by atomic mass is 35.5. The third-order valence-corrected chi connectivity index (χ3v) is 3.01. The molecule has 3 nitrogen and oxygen atoms in total. The van der Waals surface area contributed by atoms with Crippen molar-refractivity contribution in [2.24, 2.45) is 0 Å². The molecule has 0 saturated carbocycles. The molecule has 0 aromatic heterocycles. The zero-order valence-corrected chi connectivity index (χ0v) is 11.6. The van der Waals surface area contributed by atoms with Gasteiger partial charge in [0, 0.05) is 5.02 Å². The van der Waals surface area contributed by atoms with Crippen molar-refractivity contribution in [2.45, 2.75) is 0 Å². The molecule has 4 heteroatoms. The zero-order chi connectivity index (χ0) is 14.5. The van der Waals surface area contributed by atoms with E-state index in [9.17, 15) is 10.4 Å². The topological polar surface area (TPSA) is 53.2 Å². The maximum atomic E-state index is 9.55. The number of halogens is 1. The molecule has 0 radical (unpaired) electrons. The third-order valence-electron chi connectivity index (χ3n) is 2.77. The van der Waals surface area contributed by atoms with E-state index in [2.05, 4.69) is 6.07 Å². The first-order valence-electron chi connectivity index (χ1n) is 5.89. The number of phenolic OH excluding ortho intramolecular Hbond substituents is 1. The van der Waals surface area contributed by atoms with Crippen molar-refractivity contribution >= 4 is 23.3 Å². The molecule has 2 aromatic rings. The SMILES string of the molecule is COc1cc(/C=C(/C#N)c2cccc(Cl)c2)ccc1O. The fraction of sp³-hybridized carbons (Fsp3) is 0.0625. The van der Waals surface area contributed by atoms with Gasteiger partial charge in [0.15, 0.2) is 11.5 Å². The first-order chi connectivity index (χ1) is 9.63. The Kier molecular flexibility index (Phi) is 4.29. The number of nitriles is 1. The van der Waals surface area contributed by atoms with Gasteiger partial charge in [-0.05, 0) is 41.5 Å². The van der Waals surface area contributed by atoms with E-state index in [0.717, 1.165) is 11.1 Å². The van der Waals surface area contributed by atoms with Crippen molar-refractivity contribution in [1.82, 2.24) is 0 Å². The minimum Gasteiger partial charge on any atom is -0.504 e. The summed E-state index contributed by atoms with van der Waals surface area (Å²) in [5.74, 6) is 0.424. The lowest BCUT2D eigenvalue weighted by molar-refractivity contribution is 0.373. The molecule has 0 atom stereocenters. The van der Waals surface area contributed by atoms with E-state index in [1.165, 1.54) is 13.2 Å². The highest BCUT2D eigenvalue weighted by Gasteiger charge is 2.05. The number of ether oxygens (including phenoxy) is 1. The van der Waals surface area contributed by atoms with Crippen LogP contribution in [-0.4, -0.2) is 12.2 Å². The van der Waals surface area contributed by atoms with Gasteiger partial charge < -0.3 is 9.84 Å². The van der Waals surface area contributed by atoms with Crippen LogP contribution in [0.25, 0.3) is 11.6 Å². The standard InChI is InChI=1S/C16H12ClNO2/c1-20-16-8-11(5-6-15(16)19)7-13(10-18)12-3-2-4-14(17)9-12/h2-9,19H,1H3/b13-7-. The van der Waals surface area contributed by atoms with Gasteiger partial charge in [-0.1, -0.05) is 29.8 Å². The van der Waals surface area contributed by atoms with Gasteiger partial charge in [-0.2, -0.15) is 5.26 Å². The van der Waals surface area contributed by atoms with E-state index in [4.69, 9.17) is 16.3 Å². The largest absolute Gasteiger partial charge is 0.504 e. The van der Waals surface area contributed by atoms with Crippen molar-refractivity contribution in [1.29, 1.82) is 5.26 Å². The Morgan fingerprint density at radius 3 is 2.75 bits per heavy atom. The van der Waals surface area contributed by atoms with Gasteiger partial charge in [0.25, 0.3) is 0 Å². The van der Waals surface area contributed by atoms with Crippen LogP contribution >= 0.6 is 11.6 Å². The lowest BCUT2D eigenvalue weighted by Crippen LogP contribution is -1.86. The number of aromatic hydroxyl groups is 1. The lowest BCUT2D eigenvalue weighted by atomic mass is 10.0. The summed E-state index contributed by atoms with van der Waals surface area (Å²) in [5, 5.41) is 19.4. The highest BCUT2D eigenvalue weighted by molar-refractivity contribution is 6.30. The number of methoxy groups -OCH3 is 1. The molecular weight excluding hydrogens is 274 g/mol. The van der Waals surface area contributed by atoms with Gasteiger partial charge >= 0.3 is 0 Å². The summed E-state index contributed by atoms with van der Waals surface area (Å²) in [6.07, 6.45) is 1.72. The Labute approximate surface area is 122 Å². The van der Waals surface area contributed by atoms with Gasteiger partial charge in [0.1, 0.15) is 0 Å². The predicted octanol–water partition coefficient (Wildman–Crippen LogP) is 4.12. The van der Waals surface area contributed by atoms with Crippen LogP contribution in [0.4, 0.5) is 0 Å². The molecule has 0 amide bonds. The molecule has 20 heavy (non-hydrogen) atoms. The van der Waals surface area contributed by atoms with Crippen LogP contribution in [0.2, 0.25) is 5.02 Å². The van der Waals surface area contributed by atoms with Crippen molar-refractivity contribution in [2.75, 3.05) is 7.11 Å². The van der Waals surface area contributed by atoms with Gasteiger partial charge in [-0.25, -0.2) is 0 Å². The summed E-state index contributed by atoms with van der Waals surface area (Å²) in [4.78, 5) is 0. The molecule has 0 aliphatic rings. The Morgan fingerprint density at radius 2 is 2.10 bits per heavy atom. The van der Waals surface area contributed by atoms with Gasteiger partial charge in [-0.15, -0.1) is 0 Å². The quantitative estimate of drug-likeness (QED) is 0.682. The average molecular weight is 286 g/mol. The van der Waals surface area contributed by atoms with Gasteiger partial charge in [0.05, 0.1) is 18.8 Å². The highest BCUT2D eigenvalue weighted by Crippen LogP contribution is 2.28. The summed E-state index contributed by atoms with van der Waals surface area (Å²) in [5.41, 5.74) is 1.99. The minimum absolute atomic E-state index is 0.0610. The molecule has 100 valence electrons. The number of hydrogen-bond acceptors (Lipinski definition) is 3. The molecule has 0 spiro atoms. The van der Waals surface area contributed by atoms with Crippen molar-refractivity contribution in [3.05, 3.63) is 58.6 Å². The summed E-state index contributed by atoms with van der Waals surface area (Å²) < 4.78 is 5.04. The Hall–Kier alpha value is -2.44. The molecule has 2 rings (SSSR count). The molecule has 0 unspecified atom stereocenters. The average Bonchev–Trinajstić information content (AvgIpc) is 2.46. The lowest BCUT2D eigenvalue weighted by Gasteiger charge is -2.05. The number of allylic oxidation sites excluding steroid dienone is 1. The molecule has 0 aliphatic carbocycles. The summed E-state index contributed by atoms with van der Waals surface area (Å²) in [6.45, 7) is 0. The van der Waals surface area contributed by atoms with Gasteiger partial charge in [-0.3, -0.25) is 0 Å². The number of nitrogens with zero attached hydrogens (tertiary/aromatic N) is 1. The number of hydrogen-bond donors (Lipinski definition) is 1. The molecule has 0 fully saturated rings. The maximum absolute atomic E-state index is 9.55. The first kappa shape index (κ1) is 14.0. The maximum Gasteiger partial charge on any atom is 0.161 e. The van der Waals surface area contributed by atoms with Crippen molar-refractivity contribution in [3.63, 3.8) is 0 Å².